The van der Waals surface area contributed by atoms with E-state index in [2.05, 4.69) is 25.0 Å². The summed E-state index contributed by atoms with van der Waals surface area (Å²) < 4.78 is 27.9. The molecule has 0 aliphatic carbocycles. The predicted molar refractivity (Wildman–Crippen MR) is 127 cm³/mol. The van der Waals surface area contributed by atoms with Crippen molar-refractivity contribution >= 4 is 38.9 Å². The Kier molecular flexibility index (Phi) is 6.34. The molecule has 4 aromatic rings. The minimum atomic E-state index is -3.60. The van der Waals surface area contributed by atoms with Crippen molar-refractivity contribution < 1.29 is 8.42 Å². The number of rotatable bonds is 7. The van der Waals surface area contributed by atoms with Gasteiger partial charge < -0.3 is 5.32 Å². The lowest BCUT2D eigenvalue weighted by Gasteiger charge is -2.13. The third kappa shape index (κ3) is 5.60. The lowest BCUT2D eigenvalue weighted by atomic mass is 10.2. The highest BCUT2D eigenvalue weighted by Gasteiger charge is 2.13. The maximum Gasteiger partial charge on any atom is 0.236 e. The summed E-state index contributed by atoms with van der Waals surface area (Å²) in [5.41, 5.74) is 4.30. The lowest BCUT2D eigenvalue weighted by Crippen LogP contribution is -2.15. The fourth-order valence-corrected chi connectivity index (χ4v) is 4.37. The van der Waals surface area contributed by atoms with Crippen molar-refractivity contribution in [2.75, 3.05) is 10.0 Å². The van der Waals surface area contributed by atoms with Crippen LogP contribution in [0.25, 0.3) is 11.3 Å². The molecular weight excluding hydrogens is 446 g/mol. The molecule has 2 heterocycles. The van der Waals surface area contributed by atoms with Gasteiger partial charge in [-0.15, -0.1) is 0 Å². The Labute approximate surface area is 191 Å². The smallest absolute Gasteiger partial charge is 0.236 e. The van der Waals surface area contributed by atoms with Crippen molar-refractivity contribution in [3.05, 3.63) is 95.4 Å². The van der Waals surface area contributed by atoms with Gasteiger partial charge in [0.25, 0.3) is 0 Å². The van der Waals surface area contributed by atoms with Crippen LogP contribution in [0.1, 0.15) is 11.1 Å². The van der Waals surface area contributed by atoms with Crippen molar-refractivity contribution in [3.63, 3.8) is 0 Å². The van der Waals surface area contributed by atoms with E-state index in [4.69, 9.17) is 11.6 Å². The average molecular weight is 466 g/mol. The molecule has 0 amide bonds. The lowest BCUT2D eigenvalue weighted by molar-refractivity contribution is 0.600. The highest BCUT2D eigenvalue weighted by Crippen LogP contribution is 2.25. The number of halogens is 1. The van der Waals surface area contributed by atoms with E-state index in [1.54, 1.807) is 61.1 Å². The number of hydrogen-bond acceptors (Lipinski definition) is 6. The molecule has 0 fully saturated rings. The summed E-state index contributed by atoms with van der Waals surface area (Å²) in [5, 5.41) is 3.73. The van der Waals surface area contributed by atoms with E-state index < -0.39 is 10.0 Å². The Hall–Kier alpha value is -3.49. The number of aryl methyl sites for hydroxylation is 1. The van der Waals surface area contributed by atoms with Crippen LogP contribution in [0.4, 0.5) is 17.3 Å². The van der Waals surface area contributed by atoms with Crippen LogP contribution in [0.2, 0.25) is 5.02 Å². The second-order valence-electron chi connectivity index (χ2n) is 7.15. The fraction of sp³-hybridized carbons (Fsp3) is 0.0870. The Balaban J connectivity index is 1.52. The van der Waals surface area contributed by atoms with Crippen LogP contribution in [0.3, 0.4) is 0 Å². The summed E-state index contributed by atoms with van der Waals surface area (Å²) in [6, 6.07) is 17.5. The molecule has 32 heavy (non-hydrogen) atoms. The number of pyridine rings is 1. The van der Waals surface area contributed by atoms with Gasteiger partial charge in [-0.2, -0.15) is 0 Å². The number of sulfonamides is 1. The maximum absolute atomic E-state index is 12.6. The van der Waals surface area contributed by atoms with Crippen LogP contribution < -0.4 is 10.0 Å². The average Bonchev–Trinajstić information content (AvgIpc) is 2.78. The monoisotopic (exact) mass is 465 g/mol. The zero-order chi connectivity index (χ0) is 22.6. The third-order valence-corrected chi connectivity index (χ3v) is 6.15. The molecular formula is C23H20ClN5O2S. The van der Waals surface area contributed by atoms with Crippen LogP contribution in [-0.2, 0) is 15.8 Å². The second kappa shape index (κ2) is 9.33. The van der Waals surface area contributed by atoms with E-state index in [9.17, 15) is 8.42 Å². The number of nitrogens with zero attached hydrogens (tertiary/aromatic N) is 3. The summed E-state index contributed by atoms with van der Waals surface area (Å²) in [4.78, 5) is 12.9. The molecule has 0 spiro atoms. The zero-order valence-corrected chi connectivity index (χ0v) is 18.7. The van der Waals surface area contributed by atoms with Gasteiger partial charge in [0.15, 0.2) is 0 Å². The molecule has 162 valence electrons. The molecule has 9 heteroatoms. The van der Waals surface area contributed by atoms with Gasteiger partial charge in [0.1, 0.15) is 0 Å². The van der Waals surface area contributed by atoms with Crippen LogP contribution in [0, 0.1) is 6.92 Å². The van der Waals surface area contributed by atoms with Crippen LogP contribution in [-0.4, -0.2) is 23.4 Å². The standard InChI is InChI=1S/C23H20ClN5O2S/c1-16-4-9-20(29-32(30,31)15-17-5-7-19(24)8-6-17)13-22(16)28-23-26-12-10-21(27-23)18-3-2-11-25-14-18/h2-14,29H,15H2,1H3,(H,26,27,28). The van der Waals surface area contributed by atoms with E-state index in [1.165, 1.54) is 0 Å². The molecule has 2 aromatic heterocycles. The van der Waals surface area contributed by atoms with Gasteiger partial charge in [-0.3, -0.25) is 9.71 Å². The first-order valence-corrected chi connectivity index (χ1v) is 11.8. The molecule has 0 saturated carbocycles. The summed E-state index contributed by atoms with van der Waals surface area (Å²) >= 11 is 5.87. The Morgan fingerprint density at radius 1 is 1.00 bits per heavy atom. The molecule has 2 aromatic carbocycles. The van der Waals surface area contributed by atoms with Crippen LogP contribution in [0.5, 0.6) is 0 Å². The van der Waals surface area contributed by atoms with Gasteiger partial charge >= 0.3 is 0 Å². The molecule has 0 bridgehead atoms. The molecule has 7 nitrogen and oxygen atoms in total. The Bertz CT molecular complexity index is 1330. The first-order valence-electron chi connectivity index (χ1n) is 9.74. The van der Waals surface area contributed by atoms with Crippen molar-refractivity contribution in [2.45, 2.75) is 12.7 Å². The zero-order valence-electron chi connectivity index (χ0n) is 17.2. The van der Waals surface area contributed by atoms with E-state index in [0.717, 1.165) is 16.8 Å². The number of hydrogen-bond donors (Lipinski definition) is 2. The largest absolute Gasteiger partial charge is 0.324 e. The van der Waals surface area contributed by atoms with Crippen molar-refractivity contribution in [1.82, 2.24) is 15.0 Å². The van der Waals surface area contributed by atoms with Crippen molar-refractivity contribution in [3.8, 4) is 11.3 Å². The Morgan fingerprint density at radius 2 is 1.81 bits per heavy atom. The SMILES string of the molecule is Cc1ccc(NS(=O)(=O)Cc2ccc(Cl)cc2)cc1Nc1nccc(-c2cccnc2)n1. The predicted octanol–water partition coefficient (Wildman–Crippen LogP) is 5.19. The van der Waals surface area contributed by atoms with Crippen LogP contribution >= 0.6 is 11.6 Å². The van der Waals surface area contributed by atoms with E-state index in [1.807, 2.05) is 25.1 Å². The number of anilines is 3. The maximum atomic E-state index is 12.6. The molecule has 0 aliphatic rings. The van der Waals surface area contributed by atoms with E-state index >= 15 is 0 Å². The van der Waals surface area contributed by atoms with Gasteiger partial charge in [0.2, 0.25) is 16.0 Å². The first kappa shape index (κ1) is 21.7. The second-order valence-corrected chi connectivity index (χ2v) is 9.31. The summed E-state index contributed by atoms with van der Waals surface area (Å²) in [6.45, 7) is 1.92. The molecule has 0 unspecified atom stereocenters. The molecule has 4 rings (SSSR count). The number of aromatic nitrogens is 3. The molecule has 0 atom stereocenters. The summed E-state index contributed by atoms with van der Waals surface area (Å²) in [6.07, 6.45) is 5.09. The summed E-state index contributed by atoms with van der Waals surface area (Å²) in [7, 11) is -3.60. The molecule has 0 saturated heterocycles. The van der Waals surface area contributed by atoms with Gasteiger partial charge in [-0.1, -0.05) is 29.8 Å². The molecule has 0 radical (unpaired) electrons. The van der Waals surface area contributed by atoms with Gasteiger partial charge in [-0.05, 0) is 60.5 Å². The van der Waals surface area contributed by atoms with Crippen molar-refractivity contribution in [2.24, 2.45) is 0 Å². The first-order chi connectivity index (χ1) is 15.4. The fourth-order valence-electron chi connectivity index (χ4n) is 3.05. The van der Waals surface area contributed by atoms with E-state index in [-0.39, 0.29) is 5.75 Å². The highest BCUT2D eigenvalue weighted by molar-refractivity contribution is 7.91. The van der Waals surface area contributed by atoms with Gasteiger partial charge in [0, 0.05) is 34.9 Å². The normalized spacial score (nSPS) is 11.2. The number of benzene rings is 2. The molecule has 2 N–H and O–H groups in total. The van der Waals surface area contributed by atoms with Crippen LogP contribution in [0.15, 0.2) is 79.3 Å². The molecule has 0 aliphatic heterocycles. The highest BCUT2D eigenvalue weighted by atomic mass is 35.5. The minimum absolute atomic E-state index is 0.156. The van der Waals surface area contributed by atoms with Crippen molar-refractivity contribution in [1.29, 1.82) is 0 Å². The third-order valence-electron chi connectivity index (χ3n) is 4.64. The number of nitrogens with one attached hydrogen (secondary N) is 2. The van der Waals surface area contributed by atoms with Gasteiger partial charge in [0.05, 0.1) is 17.1 Å². The van der Waals surface area contributed by atoms with Gasteiger partial charge in [-0.25, -0.2) is 18.4 Å². The Morgan fingerprint density at radius 3 is 2.56 bits per heavy atom. The minimum Gasteiger partial charge on any atom is -0.324 e. The van der Waals surface area contributed by atoms with E-state index in [0.29, 0.717) is 27.9 Å². The quantitative estimate of drug-likeness (QED) is 0.390. The topological polar surface area (TPSA) is 96.9 Å². The summed E-state index contributed by atoms with van der Waals surface area (Å²) in [5.74, 6) is 0.243.